The second kappa shape index (κ2) is 7.42. The molecule has 1 atom stereocenters. The molecule has 2 fully saturated rings. The lowest BCUT2D eigenvalue weighted by atomic mass is 10.2. The molecule has 1 saturated carbocycles. The maximum Gasteiger partial charge on any atom is 0.329 e. The summed E-state index contributed by atoms with van der Waals surface area (Å²) < 4.78 is 16.1. The Bertz CT molecular complexity index is 1350. The van der Waals surface area contributed by atoms with Crippen molar-refractivity contribution in [1.29, 1.82) is 0 Å². The highest BCUT2D eigenvalue weighted by atomic mass is 79.9. The van der Waals surface area contributed by atoms with Gasteiger partial charge in [0.2, 0.25) is 5.88 Å². The Morgan fingerprint density at radius 1 is 1.16 bits per heavy atom. The summed E-state index contributed by atoms with van der Waals surface area (Å²) in [4.78, 5) is 26.9. The number of fused-ring (bicyclic) bond motifs is 2. The lowest BCUT2D eigenvalue weighted by molar-refractivity contribution is 0.139. The fraction of sp³-hybridized carbons (Fsp3) is 0.364. The number of hydrogen-bond donors (Lipinski definition) is 0. The Labute approximate surface area is 186 Å². The molecule has 0 N–H and O–H groups in total. The molecule has 0 amide bonds. The summed E-state index contributed by atoms with van der Waals surface area (Å²) in [5, 5.41) is 0.841. The first-order valence-electron chi connectivity index (χ1n) is 10.4. The van der Waals surface area contributed by atoms with Crippen molar-refractivity contribution in [2.75, 3.05) is 13.2 Å². The molecule has 1 unspecified atom stereocenters. The van der Waals surface area contributed by atoms with Crippen LogP contribution in [0.2, 0.25) is 0 Å². The van der Waals surface area contributed by atoms with Gasteiger partial charge < -0.3 is 9.47 Å². The van der Waals surface area contributed by atoms with Crippen LogP contribution in [-0.2, 0) is 11.3 Å². The lowest BCUT2D eigenvalue weighted by Gasteiger charge is -2.14. The topological polar surface area (TPSA) is 84.1 Å². The molecule has 0 radical (unpaired) electrons. The zero-order valence-electron chi connectivity index (χ0n) is 16.7. The van der Waals surface area contributed by atoms with Crippen molar-refractivity contribution in [3.63, 3.8) is 0 Å². The third-order valence-electron chi connectivity index (χ3n) is 5.81. The normalized spacial score (nSPS) is 18.8. The molecule has 1 aromatic carbocycles. The van der Waals surface area contributed by atoms with Gasteiger partial charge in [0.1, 0.15) is 6.10 Å². The molecule has 8 nitrogen and oxygen atoms in total. The van der Waals surface area contributed by atoms with Crippen LogP contribution in [0, 0.1) is 0 Å². The van der Waals surface area contributed by atoms with Gasteiger partial charge in [0.15, 0.2) is 5.82 Å². The maximum atomic E-state index is 13.2. The van der Waals surface area contributed by atoms with E-state index in [0.29, 0.717) is 24.9 Å². The highest BCUT2D eigenvalue weighted by Crippen LogP contribution is 2.36. The van der Waals surface area contributed by atoms with E-state index in [1.54, 1.807) is 17.0 Å². The van der Waals surface area contributed by atoms with E-state index in [2.05, 4.69) is 20.9 Å². The van der Waals surface area contributed by atoms with E-state index < -0.39 is 0 Å². The zero-order valence-corrected chi connectivity index (χ0v) is 18.3. The van der Waals surface area contributed by atoms with E-state index in [-0.39, 0.29) is 24.4 Å². The fourth-order valence-electron chi connectivity index (χ4n) is 4.15. The van der Waals surface area contributed by atoms with E-state index in [4.69, 9.17) is 19.4 Å². The van der Waals surface area contributed by atoms with Crippen LogP contribution in [0.3, 0.4) is 0 Å². The summed E-state index contributed by atoms with van der Waals surface area (Å²) in [7, 11) is 0. The molecule has 1 aliphatic carbocycles. The maximum absolute atomic E-state index is 13.2. The average molecular weight is 482 g/mol. The van der Waals surface area contributed by atoms with Gasteiger partial charge in [-0.25, -0.2) is 9.78 Å². The Hall–Kier alpha value is -2.78. The van der Waals surface area contributed by atoms with Crippen LogP contribution in [0.15, 0.2) is 45.9 Å². The minimum atomic E-state index is -0.0462. The first-order chi connectivity index (χ1) is 15.2. The van der Waals surface area contributed by atoms with Crippen LogP contribution in [-0.4, -0.2) is 43.4 Å². The minimum absolute atomic E-state index is 0.0294. The Morgan fingerprint density at radius 2 is 2.06 bits per heavy atom. The van der Waals surface area contributed by atoms with Crippen molar-refractivity contribution in [1.82, 2.24) is 24.1 Å². The highest BCUT2D eigenvalue weighted by molar-refractivity contribution is 9.10. The quantitative estimate of drug-likeness (QED) is 0.434. The molecule has 6 rings (SSSR count). The summed E-state index contributed by atoms with van der Waals surface area (Å²) in [6, 6.07) is 8.01. The highest BCUT2D eigenvalue weighted by Gasteiger charge is 2.29. The molecule has 1 saturated heterocycles. The van der Waals surface area contributed by atoms with Crippen molar-refractivity contribution in [3.8, 4) is 5.88 Å². The number of hydrogen-bond acceptors (Lipinski definition) is 6. The molecule has 31 heavy (non-hydrogen) atoms. The molecule has 158 valence electrons. The summed E-state index contributed by atoms with van der Waals surface area (Å²) in [5.74, 6) is 1.06. The number of halogens is 1. The number of pyridine rings is 1. The van der Waals surface area contributed by atoms with Crippen LogP contribution < -0.4 is 10.4 Å². The van der Waals surface area contributed by atoms with E-state index in [9.17, 15) is 4.79 Å². The van der Waals surface area contributed by atoms with Crippen LogP contribution >= 0.6 is 15.9 Å². The predicted molar refractivity (Wildman–Crippen MR) is 118 cm³/mol. The molecular formula is C22H20BrN5O3. The third-order valence-corrected chi connectivity index (χ3v) is 6.31. The van der Waals surface area contributed by atoms with Crippen LogP contribution in [0.1, 0.15) is 31.1 Å². The van der Waals surface area contributed by atoms with Gasteiger partial charge in [-0.05, 0) is 37.1 Å². The number of rotatable bonds is 5. The number of aromatic nitrogens is 5. The van der Waals surface area contributed by atoms with Crippen molar-refractivity contribution >= 4 is 37.9 Å². The fourth-order valence-corrected chi connectivity index (χ4v) is 4.50. The lowest BCUT2D eigenvalue weighted by Crippen LogP contribution is -2.25. The van der Waals surface area contributed by atoms with Crippen molar-refractivity contribution in [2.24, 2.45) is 0 Å². The predicted octanol–water partition coefficient (Wildman–Crippen LogP) is 3.45. The monoisotopic (exact) mass is 481 g/mol. The molecular weight excluding hydrogens is 462 g/mol. The van der Waals surface area contributed by atoms with Crippen molar-refractivity contribution in [3.05, 3.63) is 57.4 Å². The van der Waals surface area contributed by atoms with E-state index in [0.717, 1.165) is 45.7 Å². The smallest absolute Gasteiger partial charge is 0.329 e. The molecule has 2 aliphatic rings. The van der Waals surface area contributed by atoms with E-state index in [1.165, 1.54) is 0 Å². The van der Waals surface area contributed by atoms with E-state index >= 15 is 0 Å². The zero-order chi connectivity index (χ0) is 20.9. The van der Waals surface area contributed by atoms with Gasteiger partial charge in [0.25, 0.3) is 0 Å². The molecule has 4 heterocycles. The SMILES string of the molecule is O=c1n(Cc2nc(OC3CCOC3)c3ccc(Br)cc3n2)c2cnccc2n1C1CC1. The number of benzene rings is 1. The van der Waals surface area contributed by atoms with Gasteiger partial charge in [-0.1, -0.05) is 15.9 Å². The number of imidazole rings is 1. The summed E-state index contributed by atoms with van der Waals surface area (Å²) in [5.41, 5.74) is 2.43. The van der Waals surface area contributed by atoms with Gasteiger partial charge in [0.05, 0.1) is 47.9 Å². The third kappa shape index (κ3) is 3.41. The first kappa shape index (κ1) is 18.9. The van der Waals surface area contributed by atoms with E-state index in [1.807, 2.05) is 28.8 Å². The largest absolute Gasteiger partial charge is 0.471 e. The summed E-state index contributed by atoms with van der Waals surface area (Å²) >= 11 is 3.52. The van der Waals surface area contributed by atoms with Gasteiger partial charge in [-0.15, -0.1) is 0 Å². The van der Waals surface area contributed by atoms with Crippen LogP contribution in [0.5, 0.6) is 5.88 Å². The molecule has 1 aliphatic heterocycles. The summed E-state index contributed by atoms with van der Waals surface area (Å²) in [6.45, 7) is 1.49. The second-order valence-corrected chi connectivity index (χ2v) is 8.96. The van der Waals surface area contributed by atoms with Crippen molar-refractivity contribution in [2.45, 2.75) is 38.0 Å². The average Bonchev–Trinajstić information content (AvgIpc) is 3.39. The summed E-state index contributed by atoms with van der Waals surface area (Å²) in [6.07, 6.45) is 6.33. The Kier molecular flexibility index (Phi) is 4.53. The Balaban J connectivity index is 1.46. The van der Waals surface area contributed by atoms with Crippen LogP contribution in [0.4, 0.5) is 0 Å². The molecule has 0 bridgehead atoms. The first-order valence-corrected chi connectivity index (χ1v) is 11.2. The second-order valence-electron chi connectivity index (χ2n) is 8.04. The molecule has 9 heteroatoms. The van der Waals surface area contributed by atoms with Crippen LogP contribution in [0.25, 0.3) is 21.9 Å². The number of nitrogens with zero attached hydrogens (tertiary/aromatic N) is 5. The molecule has 3 aromatic heterocycles. The van der Waals surface area contributed by atoms with Gasteiger partial charge in [0, 0.05) is 23.1 Å². The standard InChI is InChI=1S/C22H20BrN5O3/c23-13-1-4-16-17(9-13)25-20(26-21(16)31-15-6-8-30-12-15)11-27-19-10-24-7-5-18(19)28(22(27)29)14-2-3-14/h1,4-5,7,9-10,14-15H,2-3,6,8,11-12H2. The molecule has 0 spiro atoms. The number of ether oxygens (including phenoxy) is 2. The van der Waals surface area contributed by atoms with Gasteiger partial charge in [-0.3, -0.25) is 14.1 Å². The van der Waals surface area contributed by atoms with Gasteiger partial charge >= 0.3 is 5.69 Å². The molecule has 4 aromatic rings. The Morgan fingerprint density at radius 3 is 2.87 bits per heavy atom. The minimum Gasteiger partial charge on any atom is -0.471 e. The van der Waals surface area contributed by atoms with Gasteiger partial charge in [-0.2, -0.15) is 4.98 Å². The van der Waals surface area contributed by atoms with Crippen molar-refractivity contribution < 1.29 is 9.47 Å².